The molecule has 1 saturated heterocycles. The van der Waals surface area contributed by atoms with Crippen LogP contribution in [0.4, 0.5) is 10.1 Å². The lowest BCUT2D eigenvalue weighted by atomic mass is 10.0. The number of para-hydroxylation sites is 1. The van der Waals surface area contributed by atoms with Gasteiger partial charge >= 0.3 is 0 Å². The number of halogens is 1. The fraction of sp³-hybridized carbons (Fsp3) is 0.391. The topological polar surface area (TPSA) is 43.9 Å². The van der Waals surface area contributed by atoms with E-state index in [2.05, 4.69) is 11.0 Å². The maximum absolute atomic E-state index is 13.8. The normalized spacial score (nSPS) is 17.2. The highest BCUT2D eigenvalue weighted by Crippen LogP contribution is 2.26. The zero-order valence-corrected chi connectivity index (χ0v) is 16.7. The third-order valence-corrected chi connectivity index (χ3v) is 5.85. The predicted molar refractivity (Wildman–Crippen MR) is 111 cm³/mol. The van der Waals surface area contributed by atoms with Gasteiger partial charge in [0.05, 0.1) is 6.54 Å². The Morgan fingerprint density at radius 3 is 2.52 bits per heavy atom. The van der Waals surface area contributed by atoms with Gasteiger partial charge < -0.3 is 9.80 Å². The number of benzene rings is 2. The molecule has 0 bridgehead atoms. The molecule has 0 aliphatic carbocycles. The standard InChI is InChI=1S/C23H26FN3O2/c1-17-8-9-19(15-20(17)24)23(29)26-13-11-25(12-14-26)16-22(28)27-10-4-6-18-5-2-3-7-21(18)27/h2-3,5,7-9,15H,4,6,10-14,16H2,1H3. The van der Waals surface area contributed by atoms with Crippen LogP contribution in [0.15, 0.2) is 42.5 Å². The minimum absolute atomic E-state index is 0.109. The Morgan fingerprint density at radius 2 is 1.76 bits per heavy atom. The number of carbonyl (C=O) groups is 2. The first-order valence-corrected chi connectivity index (χ1v) is 10.2. The Bertz CT molecular complexity index is 922. The minimum Gasteiger partial charge on any atom is -0.336 e. The molecule has 2 aromatic rings. The van der Waals surface area contributed by atoms with Gasteiger partial charge in [-0.2, -0.15) is 0 Å². The SMILES string of the molecule is Cc1ccc(C(=O)N2CCN(CC(=O)N3CCCc4ccccc43)CC2)cc1F. The molecule has 2 aliphatic heterocycles. The highest BCUT2D eigenvalue weighted by atomic mass is 19.1. The van der Waals surface area contributed by atoms with E-state index in [4.69, 9.17) is 0 Å². The number of piperazine rings is 1. The number of amides is 2. The molecule has 6 heteroatoms. The van der Waals surface area contributed by atoms with Crippen molar-refractivity contribution >= 4 is 17.5 Å². The molecular formula is C23H26FN3O2. The first-order valence-electron chi connectivity index (χ1n) is 10.2. The van der Waals surface area contributed by atoms with E-state index in [-0.39, 0.29) is 17.6 Å². The van der Waals surface area contributed by atoms with Crippen LogP contribution >= 0.6 is 0 Å². The fourth-order valence-electron chi connectivity index (χ4n) is 4.09. The maximum Gasteiger partial charge on any atom is 0.254 e. The van der Waals surface area contributed by atoms with E-state index < -0.39 is 0 Å². The van der Waals surface area contributed by atoms with Crippen LogP contribution in [-0.2, 0) is 11.2 Å². The molecule has 2 heterocycles. The van der Waals surface area contributed by atoms with E-state index in [0.717, 1.165) is 25.1 Å². The fourth-order valence-corrected chi connectivity index (χ4v) is 4.09. The Morgan fingerprint density at radius 1 is 1.00 bits per heavy atom. The summed E-state index contributed by atoms with van der Waals surface area (Å²) in [6.07, 6.45) is 2.00. The van der Waals surface area contributed by atoms with Gasteiger partial charge in [0.25, 0.3) is 5.91 Å². The third-order valence-electron chi connectivity index (χ3n) is 5.85. The Balaban J connectivity index is 1.34. The second-order valence-corrected chi connectivity index (χ2v) is 7.81. The molecule has 0 saturated carbocycles. The van der Waals surface area contributed by atoms with Crippen LogP contribution in [0.2, 0.25) is 0 Å². The zero-order chi connectivity index (χ0) is 20.4. The van der Waals surface area contributed by atoms with Crippen molar-refractivity contribution in [3.63, 3.8) is 0 Å². The Hall–Kier alpha value is -2.73. The van der Waals surface area contributed by atoms with Crippen LogP contribution in [0.3, 0.4) is 0 Å². The van der Waals surface area contributed by atoms with Crippen molar-refractivity contribution in [2.45, 2.75) is 19.8 Å². The van der Waals surface area contributed by atoms with Crippen molar-refractivity contribution in [1.82, 2.24) is 9.80 Å². The monoisotopic (exact) mass is 395 g/mol. The molecule has 2 aliphatic rings. The van der Waals surface area contributed by atoms with Gasteiger partial charge in [-0.3, -0.25) is 14.5 Å². The van der Waals surface area contributed by atoms with Crippen LogP contribution < -0.4 is 4.90 Å². The Kier molecular flexibility index (Phi) is 5.62. The summed E-state index contributed by atoms with van der Waals surface area (Å²) < 4.78 is 13.8. The van der Waals surface area contributed by atoms with Crippen molar-refractivity contribution in [2.75, 3.05) is 44.2 Å². The molecular weight excluding hydrogens is 369 g/mol. The number of hydrogen-bond donors (Lipinski definition) is 0. The third kappa shape index (κ3) is 4.17. The average Bonchev–Trinajstić information content (AvgIpc) is 2.75. The molecule has 0 spiro atoms. The van der Waals surface area contributed by atoms with Gasteiger partial charge in [-0.15, -0.1) is 0 Å². The summed E-state index contributed by atoms with van der Waals surface area (Å²) in [4.78, 5) is 31.3. The van der Waals surface area contributed by atoms with E-state index in [1.54, 1.807) is 24.0 Å². The maximum atomic E-state index is 13.8. The van der Waals surface area contributed by atoms with E-state index >= 15 is 0 Å². The number of fused-ring (bicyclic) bond motifs is 1. The second-order valence-electron chi connectivity index (χ2n) is 7.81. The molecule has 0 atom stereocenters. The van der Waals surface area contributed by atoms with Crippen molar-refractivity contribution in [3.05, 3.63) is 65.0 Å². The van der Waals surface area contributed by atoms with Gasteiger partial charge in [0.15, 0.2) is 0 Å². The van der Waals surface area contributed by atoms with Gasteiger partial charge in [0, 0.05) is 44.0 Å². The number of nitrogens with zero attached hydrogens (tertiary/aromatic N) is 3. The molecule has 4 rings (SSSR count). The van der Waals surface area contributed by atoms with Crippen molar-refractivity contribution in [2.24, 2.45) is 0 Å². The van der Waals surface area contributed by atoms with Crippen molar-refractivity contribution in [3.8, 4) is 0 Å². The predicted octanol–water partition coefficient (Wildman–Crippen LogP) is 2.87. The summed E-state index contributed by atoms with van der Waals surface area (Å²) in [6.45, 7) is 5.15. The van der Waals surface area contributed by atoms with Gasteiger partial charge in [0.2, 0.25) is 5.91 Å². The summed E-state index contributed by atoms with van der Waals surface area (Å²) >= 11 is 0. The Labute approximate surface area is 170 Å². The molecule has 0 unspecified atom stereocenters. The summed E-state index contributed by atoms with van der Waals surface area (Å²) in [5.41, 5.74) is 3.17. The number of carbonyl (C=O) groups excluding carboxylic acids is 2. The number of anilines is 1. The van der Waals surface area contributed by atoms with E-state index in [1.807, 2.05) is 23.1 Å². The van der Waals surface area contributed by atoms with Crippen LogP contribution in [-0.4, -0.2) is 60.9 Å². The van der Waals surface area contributed by atoms with E-state index in [0.29, 0.717) is 43.9 Å². The van der Waals surface area contributed by atoms with Gasteiger partial charge in [-0.1, -0.05) is 24.3 Å². The largest absolute Gasteiger partial charge is 0.336 e. The number of rotatable bonds is 3. The molecule has 5 nitrogen and oxygen atoms in total. The molecule has 0 radical (unpaired) electrons. The highest BCUT2D eigenvalue weighted by molar-refractivity contribution is 5.96. The van der Waals surface area contributed by atoms with Crippen LogP contribution in [0.25, 0.3) is 0 Å². The van der Waals surface area contributed by atoms with E-state index in [9.17, 15) is 14.0 Å². The quantitative estimate of drug-likeness (QED) is 0.803. The molecule has 152 valence electrons. The second kappa shape index (κ2) is 8.33. The highest BCUT2D eigenvalue weighted by Gasteiger charge is 2.27. The van der Waals surface area contributed by atoms with Crippen LogP contribution in [0, 0.1) is 12.7 Å². The molecule has 2 aromatic carbocycles. The molecule has 2 amide bonds. The molecule has 1 fully saturated rings. The number of hydrogen-bond acceptors (Lipinski definition) is 3. The van der Waals surface area contributed by atoms with Crippen LogP contribution in [0.5, 0.6) is 0 Å². The van der Waals surface area contributed by atoms with Gasteiger partial charge in [-0.05, 0) is 49.1 Å². The smallest absolute Gasteiger partial charge is 0.254 e. The minimum atomic E-state index is -0.359. The van der Waals surface area contributed by atoms with Gasteiger partial charge in [0.1, 0.15) is 5.82 Å². The van der Waals surface area contributed by atoms with Gasteiger partial charge in [-0.25, -0.2) is 4.39 Å². The summed E-state index contributed by atoms with van der Waals surface area (Å²) in [6, 6.07) is 12.7. The first-order chi connectivity index (χ1) is 14.0. The lowest BCUT2D eigenvalue weighted by molar-refractivity contribution is -0.120. The van der Waals surface area contributed by atoms with Crippen molar-refractivity contribution in [1.29, 1.82) is 0 Å². The van der Waals surface area contributed by atoms with Crippen LogP contribution in [0.1, 0.15) is 27.9 Å². The first kappa shape index (κ1) is 19.6. The van der Waals surface area contributed by atoms with Crippen molar-refractivity contribution < 1.29 is 14.0 Å². The average molecular weight is 395 g/mol. The summed E-state index contributed by atoms with van der Waals surface area (Å²) in [7, 11) is 0. The lowest BCUT2D eigenvalue weighted by Crippen LogP contribution is -2.52. The summed E-state index contributed by atoms with van der Waals surface area (Å²) in [5.74, 6) is -0.403. The zero-order valence-electron chi connectivity index (χ0n) is 16.7. The number of aryl methyl sites for hydroxylation is 2. The lowest BCUT2D eigenvalue weighted by Gasteiger charge is -2.36. The molecule has 29 heavy (non-hydrogen) atoms. The molecule has 0 aromatic heterocycles. The summed E-state index contributed by atoms with van der Waals surface area (Å²) in [5, 5.41) is 0. The van der Waals surface area contributed by atoms with E-state index in [1.165, 1.54) is 11.6 Å². The molecule has 0 N–H and O–H groups in total.